The maximum atomic E-state index is 4.72. The second kappa shape index (κ2) is 15.0. The van der Waals surface area contributed by atoms with Crippen LogP contribution in [-0.4, -0.2) is 14.8 Å². The van der Waals surface area contributed by atoms with E-state index in [4.69, 9.17) is 5.10 Å². The zero-order chi connectivity index (χ0) is 37.0. The van der Waals surface area contributed by atoms with Crippen molar-refractivity contribution in [1.29, 1.82) is 0 Å². The van der Waals surface area contributed by atoms with Gasteiger partial charge >= 0.3 is 0 Å². The molecule has 8 aromatic carbocycles. The summed E-state index contributed by atoms with van der Waals surface area (Å²) in [4.78, 5) is 2.30. The number of anilines is 3. The van der Waals surface area contributed by atoms with Gasteiger partial charge in [0.15, 0.2) is 11.6 Å². The summed E-state index contributed by atoms with van der Waals surface area (Å²) in [6, 6.07) is 74.8. The summed E-state index contributed by atoms with van der Waals surface area (Å²) in [6.07, 6.45) is 0. The monoisotopic (exact) mass is 706 g/mol. The van der Waals surface area contributed by atoms with Crippen molar-refractivity contribution in [2.75, 3.05) is 4.90 Å². The van der Waals surface area contributed by atoms with Crippen LogP contribution in [-0.2, 0) is 0 Å². The predicted octanol–water partition coefficient (Wildman–Crippen LogP) is 13.4. The molecule has 1 heterocycles. The summed E-state index contributed by atoms with van der Waals surface area (Å²) in [6.45, 7) is 2.12. The molecule has 0 N–H and O–H groups in total. The van der Waals surface area contributed by atoms with E-state index in [1.165, 1.54) is 27.8 Å². The molecule has 0 atom stereocenters. The molecule has 0 unspecified atom stereocenters. The summed E-state index contributed by atoms with van der Waals surface area (Å²) in [7, 11) is 0. The number of aryl methyl sites for hydroxylation is 1. The highest BCUT2D eigenvalue weighted by Gasteiger charge is 2.19. The summed E-state index contributed by atoms with van der Waals surface area (Å²) in [5.74, 6) is 1.61. The van der Waals surface area contributed by atoms with E-state index in [2.05, 4.69) is 197 Å². The molecule has 0 spiro atoms. The lowest BCUT2D eigenvalue weighted by atomic mass is 9.89. The lowest BCUT2D eigenvalue weighted by molar-refractivity contribution is 1.07. The largest absolute Gasteiger partial charge is 0.311 e. The van der Waals surface area contributed by atoms with Gasteiger partial charge in [0.25, 0.3) is 0 Å². The maximum absolute atomic E-state index is 4.72. The topological polar surface area (TPSA) is 34.0 Å². The van der Waals surface area contributed by atoms with Gasteiger partial charge in [0.1, 0.15) is 0 Å². The number of hydrogen-bond acceptors (Lipinski definition) is 3. The van der Waals surface area contributed by atoms with E-state index in [0.717, 1.165) is 56.7 Å². The number of hydrogen-bond donors (Lipinski definition) is 0. The standard InChI is InChI=1S/C51H38N4/c1-37-25-33-44(34-26-37)54(42-17-7-3-8-18-42)45-35-31-39(32-36-45)47-22-12-14-24-49(47)48-23-13-11-21-46(48)38-27-29-41(30-28-38)51-53-52-50(40-15-5-2-6-16-40)55(51)43-19-9-4-10-20-43/h2-36H,1H3. The molecule has 0 aliphatic rings. The van der Waals surface area contributed by atoms with E-state index in [-0.39, 0.29) is 0 Å². The molecular formula is C51H38N4. The summed E-state index contributed by atoms with van der Waals surface area (Å²) in [5, 5.41) is 9.39. The van der Waals surface area contributed by atoms with Gasteiger partial charge < -0.3 is 4.90 Å². The second-order valence-corrected chi connectivity index (χ2v) is 13.6. The highest BCUT2D eigenvalue weighted by atomic mass is 15.3. The Labute approximate surface area is 322 Å². The van der Waals surface area contributed by atoms with Crippen molar-refractivity contribution in [1.82, 2.24) is 14.8 Å². The molecule has 1 aromatic heterocycles. The summed E-state index contributed by atoms with van der Waals surface area (Å²) >= 11 is 0. The number of para-hydroxylation sites is 2. The molecule has 4 nitrogen and oxygen atoms in total. The van der Waals surface area contributed by atoms with Crippen molar-refractivity contribution >= 4 is 17.1 Å². The second-order valence-electron chi connectivity index (χ2n) is 13.6. The van der Waals surface area contributed by atoms with Crippen LogP contribution in [0.4, 0.5) is 17.1 Å². The van der Waals surface area contributed by atoms with Gasteiger partial charge in [0.2, 0.25) is 0 Å². The Morgan fingerprint density at radius 1 is 0.327 bits per heavy atom. The molecule has 0 bridgehead atoms. The van der Waals surface area contributed by atoms with Gasteiger partial charge in [-0.2, -0.15) is 0 Å². The van der Waals surface area contributed by atoms with Gasteiger partial charge in [-0.25, -0.2) is 0 Å². The van der Waals surface area contributed by atoms with Crippen molar-refractivity contribution in [3.05, 3.63) is 218 Å². The summed E-state index contributed by atoms with van der Waals surface area (Å²) in [5.41, 5.74) is 14.6. The lowest BCUT2D eigenvalue weighted by Crippen LogP contribution is -2.09. The zero-order valence-electron chi connectivity index (χ0n) is 30.5. The van der Waals surface area contributed by atoms with E-state index in [1.807, 2.05) is 36.4 Å². The van der Waals surface area contributed by atoms with Crippen molar-refractivity contribution in [2.45, 2.75) is 6.92 Å². The van der Waals surface area contributed by atoms with Gasteiger partial charge in [-0.3, -0.25) is 4.57 Å². The molecule has 0 fully saturated rings. The quantitative estimate of drug-likeness (QED) is 0.150. The molecule has 0 amide bonds. The van der Waals surface area contributed by atoms with E-state index in [9.17, 15) is 0 Å². The Bertz CT molecular complexity index is 2670. The van der Waals surface area contributed by atoms with Crippen LogP contribution >= 0.6 is 0 Å². The number of aromatic nitrogens is 3. The molecule has 0 aliphatic carbocycles. The SMILES string of the molecule is Cc1ccc(N(c2ccccc2)c2ccc(-c3ccccc3-c3ccccc3-c3ccc(-c4nnc(-c5ccccc5)n4-c4ccccc4)cc3)cc2)cc1. The van der Waals surface area contributed by atoms with Gasteiger partial charge in [0, 0.05) is 33.9 Å². The molecule has 55 heavy (non-hydrogen) atoms. The minimum absolute atomic E-state index is 0.798. The zero-order valence-corrected chi connectivity index (χ0v) is 30.5. The van der Waals surface area contributed by atoms with Crippen molar-refractivity contribution in [2.24, 2.45) is 0 Å². The Morgan fingerprint density at radius 2 is 0.691 bits per heavy atom. The van der Waals surface area contributed by atoms with E-state index in [0.29, 0.717) is 0 Å². The number of rotatable bonds is 9. The van der Waals surface area contributed by atoms with Gasteiger partial charge in [-0.15, -0.1) is 10.2 Å². The van der Waals surface area contributed by atoms with Crippen LogP contribution in [0.5, 0.6) is 0 Å². The van der Waals surface area contributed by atoms with Crippen molar-refractivity contribution in [3.8, 4) is 61.8 Å². The molecule has 0 radical (unpaired) electrons. The van der Waals surface area contributed by atoms with Gasteiger partial charge in [-0.1, -0.05) is 169 Å². The fraction of sp³-hybridized carbons (Fsp3) is 0.0196. The number of benzene rings is 8. The molecule has 4 heteroatoms. The molecule has 0 aliphatic heterocycles. The van der Waals surface area contributed by atoms with E-state index < -0.39 is 0 Å². The van der Waals surface area contributed by atoms with Crippen LogP contribution in [0.15, 0.2) is 212 Å². The Balaban J connectivity index is 1.06. The van der Waals surface area contributed by atoms with Crippen molar-refractivity contribution < 1.29 is 0 Å². The highest BCUT2D eigenvalue weighted by molar-refractivity contribution is 5.92. The maximum Gasteiger partial charge on any atom is 0.168 e. The lowest BCUT2D eigenvalue weighted by Gasteiger charge is -2.26. The minimum atomic E-state index is 0.798. The normalized spacial score (nSPS) is 11.0. The fourth-order valence-electron chi connectivity index (χ4n) is 7.31. The van der Waals surface area contributed by atoms with Gasteiger partial charge in [0.05, 0.1) is 0 Å². The molecule has 0 saturated heterocycles. The average Bonchev–Trinajstić information content (AvgIpc) is 3.71. The van der Waals surface area contributed by atoms with E-state index in [1.54, 1.807) is 0 Å². The smallest absolute Gasteiger partial charge is 0.168 e. The van der Waals surface area contributed by atoms with Crippen LogP contribution in [0.3, 0.4) is 0 Å². The van der Waals surface area contributed by atoms with Crippen LogP contribution < -0.4 is 4.90 Å². The number of nitrogens with zero attached hydrogens (tertiary/aromatic N) is 4. The third kappa shape index (κ3) is 6.74. The predicted molar refractivity (Wildman–Crippen MR) is 228 cm³/mol. The molecular weight excluding hydrogens is 669 g/mol. The third-order valence-corrected chi connectivity index (χ3v) is 10.1. The van der Waals surface area contributed by atoms with Crippen LogP contribution in [0, 0.1) is 6.92 Å². The molecule has 262 valence electrons. The first-order valence-corrected chi connectivity index (χ1v) is 18.6. The van der Waals surface area contributed by atoms with Crippen LogP contribution in [0.1, 0.15) is 5.56 Å². The van der Waals surface area contributed by atoms with Crippen LogP contribution in [0.25, 0.3) is 61.8 Å². The molecule has 9 aromatic rings. The first-order chi connectivity index (χ1) is 27.2. The Morgan fingerprint density at radius 3 is 1.22 bits per heavy atom. The fourth-order valence-corrected chi connectivity index (χ4v) is 7.31. The molecule has 9 rings (SSSR count). The van der Waals surface area contributed by atoms with Gasteiger partial charge in [-0.05, 0) is 88.8 Å². The Hall–Kier alpha value is -7.30. The third-order valence-electron chi connectivity index (χ3n) is 10.1. The van der Waals surface area contributed by atoms with E-state index >= 15 is 0 Å². The molecule has 0 saturated carbocycles. The average molecular weight is 707 g/mol. The highest BCUT2D eigenvalue weighted by Crippen LogP contribution is 2.41. The summed E-state index contributed by atoms with van der Waals surface area (Å²) < 4.78 is 2.14. The first-order valence-electron chi connectivity index (χ1n) is 18.6. The first kappa shape index (κ1) is 33.5. The minimum Gasteiger partial charge on any atom is -0.311 e. The Kier molecular flexibility index (Phi) is 9.13. The van der Waals surface area contributed by atoms with Crippen LogP contribution in [0.2, 0.25) is 0 Å². The van der Waals surface area contributed by atoms with Crippen molar-refractivity contribution in [3.63, 3.8) is 0 Å².